The van der Waals surface area contributed by atoms with E-state index in [-0.39, 0.29) is 10.6 Å². The zero-order valence-corrected chi connectivity index (χ0v) is 10.6. The Hall–Kier alpha value is -1.65. The molecule has 0 saturated heterocycles. The largest absolute Gasteiger partial charge is 0.370 e. The Morgan fingerprint density at radius 2 is 2.24 bits per heavy atom. The highest BCUT2D eigenvalue weighted by molar-refractivity contribution is 5.48. The fourth-order valence-electron chi connectivity index (χ4n) is 1.53. The van der Waals surface area contributed by atoms with Crippen LogP contribution >= 0.6 is 0 Å². The van der Waals surface area contributed by atoms with Crippen molar-refractivity contribution in [3.05, 3.63) is 27.9 Å². The van der Waals surface area contributed by atoms with E-state index in [1.807, 2.05) is 0 Å². The molecule has 0 aliphatic carbocycles. The third-order valence-electron chi connectivity index (χ3n) is 2.54. The lowest BCUT2D eigenvalue weighted by molar-refractivity contribution is -0.385. The second-order valence-corrected chi connectivity index (χ2v) is 4.58. The van der Waals surface area contributed by atoms with Gasteiger partial charge < -0.3 is 5.32 Å². The summed E-state index contributed by atoms with van der Waals surface area (Å²) >= 11 is 0. The molecule has 0 amide bonds. The SMILES string of the molecule is Cc1cnc(NCCCC(C)C)cc1[N+](=O)[O-]. The highest BCUT2D eigenvalue weighted by Crippen LogP contribution is 2.19. The normalized spacial score (nSPS) is 10.6. The highest BCUT2D eigenvalue weighted by atomic mass is 16.6. The zero-order chi connectivity index (χ0) is 12.8. The quantitative estimate of drug-likeness (QED) is 0.469. The van der Waals surface area contributed by atoms with Gasteiger partial charge in [0.15, 0.2) is 0 Å². The van der Waals surface area contributed by atoms with Gasteiger partial charge in [-0.25, -0.2) is 4.98 Å². The summed E-state index contributed by atoms with van der Waals surface area (Å²) in [5, 5.41) is 13.9. The van der Waals surface area contributed by atoms with E-state index in [0.717, 1.165) is 19.4 Å². The molecule has 0 radical (unpaired) electrons. The van der Waals surface area contributed by atoms with Crippen molar-refractivity contribution in [1.82, 2.24) is 4.98 Å². The van der Waals surface area contributed by atoms with E-state index in [4.69, 9.17) is 0 Å². The van der Waals surface area contributed by atoms with Crippen molar-refractivity contribution >= 4 is 11.5 Å². The van der Waals surface area contributed by atoms with Gasteiger partial charge in [-0.1, -0.05) is 13.8 Å². The minimum absolute atomic E-state index is 0.117. The van der Waals surface area contributed by atoms with Crippen molar-refractivity contribution in [2.75, 3.05) is 11.9 Å². The number of pyridine rings is 1. The summed E-state index contributed by atoms with van der Waals surface area (Å²) in [4.78, 5) is 14.5. The minimum Gasteiger partial charge on any atom is -0.370 e. The predicted molar refractivity (Wildman–Crippen MR) is 68.2 cm³/mol. The number of nitrogens with one attached hydrogen (secondary N) is 1. The molecule has 0 bridgehead atoms. The van der Waals surface area contributed by atoms with Crippen LogP contribution in [0.25, 0.3) is 0 Å². The van der Waals surface area contributed by atoms with Gasteiger partial charge in [-0.3, -0.25) is 10.1 Å². The number of anilines is 1. The van der Waals surface area contributed by atoms with Gasteiger partial charge in [-0.05, 0) is 25.7 Å². The van der Waals surface area contributed by atoms with E-state index in [0.29, 0.717) is 17.3 Å². The number of nitrogens with zero attached hydrogens (tertiary/aromatic N) is 2. The molecule has 0 aliphatic rings. The first-order valence-corrected chi connectivity index (χ1v) is 5.85. The molecule has 1 N–H and O–H groups in total. The van der Waals surface area contributed by atoms with E-state index in [1.165, 1.54) is 12.3 Å². The molecular formula is C12H19N3O2. The lowest BCUT2D eigenvalue weighted by Crippen LogP contribution is -2.05. The average molecular weight is 237 g/mol. The summed E-state index contributed by atoms with van der Waals surface area (Å²) in [5.41, 5.74) is 0.703. The lowest BCUT2D eigenvalue weighted by Gasteiger charge is -2.07. The molecule has 0 spiro atoms. The van der Waals surface area contributed by atoms with Crippen LogP contribution in [0.2, 0.25) is 0 Å². The van der Waals surface area contributed by atoms with Crippen LogP contribution in [0.4, 0.5) is 11.5 Å². The molecule has 0 fully saturated rings. The number of aromatic nitrogens is 1. The van der Waals surface area contributed by atoms with E-state index in [9.17, 15) is 10.1 Å². The Morgan fingerprint density at radius 1 is 1.53 bits per heavy atom. The molecule has 0 atom stereocenters. The van der Waals surface area contributed by atoms with Gasteiger partial charge in [0, 0.05) is 18.3 Å². The van der Waals surface area contributed by atoms with Crippen molar-refractivity contribution in [2.24, 2.45) is 5.92 Å². The second kappa shape index (κ2) is 6.18. The molecule has 1 heterocycles. The molecule has 94 valence electrons. The van der Waals surface area contributed by atoms with Crippen LogP contribution in [0.1, 0.15) is 32.3 Å². The maximum Gasteiger partial charge on any atom is 0.277 e. The van der Waals surface area contributed by atoms with E-state index < -0.39 is 0 Å². The number of hydrogen-bond acceptors (Lipinski definition) is 4. The molecule has 5 heteroatoms. The Morgan fingerprint density at radius 3 is 2.82 bits per heavy atom. The third-order valence-corrected chi connectivity index (χ3v) is 2.54. The van der Waals surface area contributed by atoms with Gasteiger partial charge in [0.1, 0.15) is 5.82 Å². The third kappa shape index (κ3) is 4.38. The van der Waals surface area contributed by atoms with Gasteiger partial charge in [0.05, 0.1) is 11.0 Å². The van der Waals surface area contributed by atoms with Crippen LogP contribution in [0.5, 0.6) is 0 Å². The topological polar surface area (TPSA) is 68.1 Å². The molecule has 17 heavy (non-hydrogen) atoms. The van der Waals surface area contributed by atoms with Crippen LogP contribution in [0, 0.1) is 23.0 Å². The van der Waals surface area contributed by atoms with Crippen molar-refractivity contribution in [3.63, 3.8) is 0 Å². The van der Waals surface area contributed by atoms with Gasteiger partial charge >= 0.3 is 0 Å². The number of nitro groups is 1. The van der Waals surface area contributed by atoms with Crippen molar-refractivity contribution in [1.29, 1.82) is 0 Å². The number of aryl methyl sites for hydroxylation is 1. The Balaban J connectivity index is 2.54. The smallest absolute Gasteiger partial charge is 0.277 e. The standard InChI is InChI=1S/C12H19N3O2/c1-9(2)5-4-6-13-12-7-11(15(16)17)10(3)8-14-12/h7-9H,4-6H2,1-3H3,(H,13,14). The van der Waals surface area contributed by atoms with Gasteiger partial charge in [-0.15, -0.1) is 0 Å². The fraction of sp³-hybridized carbons (Fsp3) is 0.583. The van der Waals surface area contributed by atoms with Crippen molar-refractivity contribution in [3.8, 4) is 0 Å². The maximum atomic E-state index is 10.7. The lowest BCUT2D eigenvalue weighted by atomic mass is 10.1. The summed E-state index contributed by atoms with van der Waals surface area (Å²) < 4.78 is 0. The van der Waals surface area contributed by atoms with Crippen LogP contribution in [0.15, 0.2) is 12.3 Å². The molecule has 0 aromatic carbocycles. The summed E-state index contributed by atoms with van der Waals surface area (Å²) in [6, 6.07) is 1.49. The Bertz CT molecular complexity index is 391. The molecule has 1 rings (SSSR count). The van der Waals surface area contributed by atoms with E-state index in [2.05, 4.69) is 24.1 Å². The molecule has 5 nitrogen and oxygen atoms in total. The van der Waals surface area contributed by atoms with Crippen molar-refractivity contribution in [2.45, 2.75) is 33.6 Å². The summed E-state index contributed by atoms with van der Waals surface area (Å²) in [7, 11) is 0. The van der Waals surface area contributed by atoms with Crippen LogP contribution < -0.4 is 5.32 Å². The summed E-state index contributed by atoms with van der Waals surface area (Å²) in [6.45, 7) is 6.84. The summed E-state index contributed by atoms with van der Waals surface area (Å²) in [5.74, 6) is 1.25. The summed E-state index contributed by atoms with van der Waals surface area (Å²) in [6.07, 6.45) is 3.71. The monoisotopic (exact) mass is 237 g/mol. The van der Waals surface area contributed by atoms with Gasteiger partial charge in [0.2, 0.25) is 0 Å². The molecule has 1 aromatic heterocycles. The first-order valence-electron chi connectivity index (χ1n) is 5.85. The predicted octanol–water partition coefficient (Wildman–Crippen LogP) is 3.15. The van der Waals surface area contributed by atoms with Gasteiger partial charge in [-0.2, -0.15) is 0 Å². The zero-order valence-electron chi connectivity index (χ0n) is 10.6. The average Bonchev–Trinajstić information content (AvgIpc) is 2.25. The fourth-order valence-corrected chi connectivity index (χ4v) is 1.53. The van der Waals surface area contributed by atoms with E-state index >= 15 is 0 Å². The first-order chi connectivity index (χ1) is 8.00. The van der Waals surface area contributed by atoms with Crippen LogP contribution in [-0.4, -0.2) is 16.5 Å². The Kier molecular flexibility index (Phi) is 4.87. The molecular weight excluding hydrogens is 218 g/mol. The molecule has 1 aromatic rings. The molecule has 0 aliphatic heterocycles. The minimum atomic E-state index is -0.379. The number of rotatable bonds is 6. The first kappa shape index (κ1) is 13.4. The van der Waals surface area contributed by atoms with Crippen LogP contribution in [0.3, 0.4) is 0 Å². The highest BCUT2D eigenvalue weighted by Gasteiger charge is 2.11. The van der Waals surface area contributed by atoms with Crippen LogP contribution in [-0.2, 0) is 0 Å². The maximum absolute atomic E-state index is 10.7. The van der Waals surface area contributed by atoms with Gasteiger partial charge in [0.25, 0.3) is 5.69 Å². The molecule has 0 saturated carbocycles. The molecule has 0 unspecified atom stereocenters. The Labute approximate surface area is 101 Å². The van der Waals surface area contributed by atoms with E-state index in [1.54, 1.807) is 6.92 Å². The second-order valence-electron chi connectivity index (χ2n) is 4.58. The number of hydrogen-bond donors (Lipinski definition) is 1. The van der Waals surface area contributed by atoms with Crippen molar-refractivity contribution < 1.29 is 4.92 Å².